The summed E-state index contributed by atoms with van der Waals surface area (Å²) >= 11 is 0. The molecular weight excluding hydrogens is 250 g/mol. The Kier molecular flexibility index (Phi) is 4.69. The maximum absolute atomic E-state index is 11.2. The Morgan fingerprint density at radius 2 is 2.15 bits per heavy atom. The number of primary amides is 1. The zero-order chi connectivity index (χ0) is 14.5. The lowest BCUT2D eigenvalue weighted by molar-refractivity contribution is -0.118. The number of pyridine rings is 1. The van der Waals surface area contributed by atoms with E-state index in [1.807, 2.05) is 25.1 Å². The van der Waals surface area contributed by atoms with Gasteiger partial charge in [-0.25, -0.2) is 0 Å². The second-order valence-corrected chi connectivity index (χ2v) is 5.08. The monoisotopic (exact) mass is 271 g/mol. The first-order valence-electron chi connectivity index (χ1n) is 6.99. The third-order valence-corrected chi connectivity index (χ3v) is 3.30. The number of nitrogens with two attached hydrogens (primary N) is 1. The second-order valence-electron chi connectivity index (χ2n) is 5.08. The molecule has 0 bridgehead atoms. The first kappa shape index (κ1) is 14.5. The molecule has 1 unspecified atom stereocenters. The highest BCUT2D eigenvalue weighted by molar-refractivity contribution is 5.80. The topological polar surface area (TPSA) is 68.0 Å². The molecule has 0 fully saturated rings. The highest BCUT2D eigenvalue weighted by Crippen LogP contribution is 2.22. The smallest absolute Gasteiger partial charge is 0.219 e. The molecule has 0 saturated heterocycles. The van der Waals surface area contributed by atoms with Crippen LogP contribution in [0.25, 0.3) is 10.9 Å². The van der Waals surface area contributed by atoms with Crippen molar-refractivity contribution in [2.45, 2.75) is 32.7 Å². The lowest BCUT2D eigenvalue weighted by Gasteiger charge is -2.18. The van der Waals surface area contributed by atoms with Gasteiger partial charge in [-0.1, -0.05) is 19.1 Å². The minimum absolute atomic E-state index is 0.0295. The number of aromatic nitrogens is 1. The fraction of sp³-hybridized carbons (Fsp3) is 0.375. The molecule has 3 N–H and O–H groups in total. The molecule has 2 aromatic rings. The third kappa shape index (κ3) is 3.54. The average Bonchev–Trinajstić information content (AvgIpc) is 2.42. The Balaban J connectivity index is 2.32. The van der Waals surface area contributed by atoms with E-state index < -0.39 is 0 Å². The number of hydrogen-bond donors (Lipinski definition) is 2. The van der Waals surface area contributed by atoms with E-state index in [1.54, 1.807) is 0 Å². The number of carbonyl (C=O) groups is 1. The Morgan fingerprint density at radius 1 is 1.35 bits per heavy atom. The zero-order valence-electron chi connectivity index (χ0n) is 12.0. The van der Waals surface area contributed by atoms with E-state index in [9.17, 15) is 4.79 Å². The number of rotatable bonds is 6. The first-order chi connectivity index (χ1) is 9.60. The van der Waals surface area contributed by atoms with Gasteiger partial charge < -0.3 is 11.1 Å². The molecule has 1 aromatic carbocycles. The van der Waals surface area contributed by atoms with E-state index in [-0.39, 0.29) is 11.9 Å². The maximum atomic E-state index is 11.2. The van der Waals surface area contributed by atoms with Crippen molar-refractivity contribution < 1.29 is 4.79 Å². The van der Waals surface area contributed by atoms with Crippen molar-refractivity contribution in [3.8, 4) is 0 Å². The predicted octanol–water partition coefficient (Wildman–Crippen LogP) is 2.46. The minimum atomic E-state index is -0.291. The van der Waals surface area contributed by atoms with Crippen LogP contribution in [0.5, 0.6) is 0 Å². The highest BCUT2D eigenvalue weighted by atomic mass is 16.1. The molecule has 20 heavy (non-hydrogen) atoms. The molecule has 2 rings (SSSR count). The number of carbonyl (C=O) groups excluding carboxylic acids is 1. The van der Waals surface area contributed by atoms with Crippen molar-refractivity contribution in [3.63, 3.8) is 0 Å². The summed E-state index contributed by atoms with van der Waals surface area (Å²) in [6.07, 6.45) is 1.33. The Bertz CT molecular complexity index is 610. The largest absolute Gasteiger partial charge is 0.370 e. The molecule has 0 saturated carbocycles. The summed E-state index contributed by atoms with van der Waals surface area (Å²) in [7, 11) is 0. The summed E-state index contributed by atoms with van der Waals surface area (Å²) in [6, 6.07) is 10.1. The van der Waals surface area contributed by atoms with Crippen LogP contribution in [0.1, 0.15) is 37.1 Å². The number of fused-ring (bicyclic) bond motifs is 1. The number of nitrogens with one attached hydrogen (secondary N) is 1. The van der Waals surface area contributed by atoms with Crippen LogP contribution in [0.3, 0.4) is 0 Å². The van der Waals surface area contributed by atoms with Crippen LogP contribution in [0, 0.1) is 6.92 Å². The minimum Gasteiger partial charge on any atom is -0.370 e. The van der Waals surface area contributed by atoms with Crippen LogP contribution >= 0.6 is 0 Å². The van der Waals surface area contributed by atoms with Crippen LogP contribution in [-0.4, -0.2) is 17.4 Å². The summed E-state index contributed by atoms with van der Waals surface area (Å²) in [6.45, 7) is 4.94. The van der Waals surface area contributed by atoms with Crippen molar-refractivity contribution in [3.05, 3.63) is 41.6 Å². The molecule has 0 radical (unpaired) electrons. The van der Waals surface area contributed by atoms with Crippen molar-refractivity contribution in [1.29, 1.82) is 0 Å². The van der Waals surface area contributed by atoms with E-state index in [4.69, 9.17) is 5.73 Å². The summed E-state index contributed by atoms with van der Waals surface area (Å²) in [5, 5.41) is 4.46. The molecular formula is C16H21N3O. The van der Waals surface area contributed by atoms with Gasteiger partial charge in [-0.3, -0.25) is 9.78 Å². The second kappa shape index (κ2) is 6.48. The van der Waals surface area contributed by atoms with Crippen molar-refractivity contribution in [2.75, 3.05) is 6.54 Å². The summed E-state index contributed by atoms with van der Waals surface area (Å²) in [4.78, 5) is 15.7. The molecule has 1 aromatic heterocycles. The molecule has 4 nitrogen and oxygen atoms in total. The van der Waals surface area contributed by atoms with Gasteiger partial charge in [0, 0.05) is 23.5 Å². The average molecular weight is 271 g/mol. The molecule has 0 aliphatic rings. The van der Waals surface area contributed by atoms with Gasteiger partial charge >= 0.3 is 0 Å². The van der Waals surface area contributed by atoms with E-state index in [2.05, 4.69) is 29.4 Å². The number of benzene rings is 1. The van der Waals surface area contributed by atoms with Gasteiger partial charge in [0.05, 0.1) is 5.52 Å². The molecule has 0 aliphatic carbocycles. The molecule has 4 heteroatoms. The molecule has 1 amide bonds. The molecule has 0 spiro atoms. The number of nitrogens with zero attached hydrogens (tertiary/aromatic N) is 1. The van der Waals surface area contributed by atoms with Gasteiger partial charge in [-0.05, 0) is 43.7 Å². The van der Waals surface area contributed by atoms with E-state index in [0.717, 1.165) is 35.1 Å². The third-order valence-electron chi connectivity index (χ3n) is 3.30. The molecule has 106 valence electrons. The van der Waals surface area contributed by atoms with Crippen LogP contribution in [0.4, 0.5) is 0 Å². The Labute approximate surface area is 119 Å². The van der Waals surface area contributed by atoms with Crippen LogP contribution in [0.15, 0.2) is 30.3 Å². The fourth-order valence-corrected chi connectivity index (χ4v) is 2.29. The van der Waals surface area contributed by atoms with E-state index in [0.29, 0.717) is 6.42 Å². The van der Waals surface area contributed by atoms with Crippen LogP contribution in [0.2, 0.25) is 0 Å². The van der Waals surface area contributed by atoms with Crippen LogP contribution in [-0.2, 0) is 4.79 Å². The molecule has 0 aliphatic heterocycles. The number of hydrogen-bond acceptors (Lipinski definition) is 3. The van der Waals surface area contributed by atoms with Gasteiger partial charge in [-0.15, -0.1) is 0 Å². The predicted molar refractivity (Wildman–Crippen MR) is 81.3 cm³/mol. The summed E-state index contributed by atoms with van der Waals surface area (Å²) in [5.41, 5.74) is 8.40. The van der Waals surface area contributed by atoms with Crippen molar-refractivity contribution in [2.24, 2.45) is 5.73 Å². The quantitative estimate of drug-likeness (QED) is 0.848. The van der Waals surface area contributed by atoms with Crippen molar-refractivity contribution >= 4 is 16.8 Å². The van der Waals surface area contributed by atoms with Gasteiger partial charge in [0.2, 0.25) is 5.91 Å². The first-order valence-corrected chi connectivity index (χ1v) is 6.99. The van der Waals surface area contributed by atoms with Crippen LogP contribution < -0.4 is 11.1 Å². The van der Waals surface area contributed by atoms with Crippen molar-refractivity contribution in [1.82, 2.24) is 10.3 Å². The lowest BCUT2D eigenvalue weighted by Crippen LogP contribution is -2.27. The standard InChI is InChI=1S/C16H21N3O/c1-3-8-18-15(10-16(17)20)13-6-7-14-12(9-13)5-4-11(2)19-14/h4-7,9,15,18H,3,8,10H2,1-2H3,(H2,17,20). The zero-order valence-corrected chi connectivity index (χ0v) is 12.0. The summed E-state index contributed by atoms with van der Waals surface area (Å²) in [5.74, 6) is -0.291. The van der Waals surface area contributed by atoms with Gasteiger partial charge in [0.15, 0.2) is 0 Å². The Hall–Kier alpha value is -1.94. The Morgan fingerprint density at radius 3 is 2.85 bits per heavy atom. The summed E-state index contributed by atoms with van der Waals surface area (Å²) < 4.78 is 0. The normalized spacial score (nSPS) is 12.5. The number of amides is 1. The van der Waals surface area contributed by atoms with E-state index in [1.165, 1.54) is 0 Å². The highest BCUT2D eigenvalue weighted by Gasteiger charge is 2.14. The van der Waals surface area contributed by atoms with E-state index >= 15 is 0 Å². The van der Waals surface area contributed by atoms with Gasteiger partial charge in [-0.2, -0.15) is 0 Å². The SMILES string of the molecule is CCCNC(CC(N)=O)c1ccc2nc(C)ccc2c1. The van der Waals surface area contributed by atoms with Gasteiger partial charge in [0.25, 0.3) is 0 Å². The fourth-order valence-electron chi connectivity index (χ4n) is 2.29. The van der Waals surface area contributed by atoms with Gasteiger partial charge in [0.1, 0.15) is 0 Å². The molecule has 1 heterocycles. The lowest BCUT2D eigenvalue weighted by atomic mass is 10.0. The number of aryl methyl sites for hydroxylation is 1. The maximum Gasteiger partial charge on any atom is 0.219 e. The molecule has 1 atom stereocenters.